The Morgan fingerprint density at radius 1 is 0.976 bits per heavy atom. The number of methoxy groups -OCH3 is 2. The fourth-order valence-corrected chi connectivity index (χ4v) is 4.06. The number of carbonyl (C=O) groups excluding carboxylic acids is 3. The smallest absolute Gasteiger partial charge is 0.416 e. The Labute approximate surface area is 232 Å². The van der Waals surface area contributed by atoms with E-state index in [1.807, 2.05) is 0 Å². The third kappa shape index (κ3) is 7.08. The fourth-order valence-electron chi connectivity index (χ4n) is 4.06. The maximum absolute atomic E-state index is 13.4. The second-order valence-corrected chi connectivity index (χ2v) is 8.64. The molecule has 2 aromatic carbocycles. The van der Waals surface area contributed by atoms with Crippen molar-refractivity contribution in [2.24, 2.45) is 0 Å². The molecule has 218 valence electrons. The monoisotopic (exact) mass is 577 g/mol. The van der Waals surface area contributed by atoms with Gasteiger partial charge < -0.3 is 38.9 Å². The number of benzene rings is 2. The molecule has 14 heteroatoms. The van der Waals surface area contributed by atoms with Gasteiger partial charge in [0.1, 0.15) is 0 Å². The quantitative estimate of drug-likeness (QED) is 0.360. The van der Waals surface area contributed by atoms with Crippen LogP contribution in [-0.4, -0.2) is 64.9 Å². The molecule has 0 bridgehead atoms. The molecule has 2 amide bonds. The number of furan rings is 1. The fraction of sp³-hybridized carbons (Fsp3) is 0.296. The van der Waals surface area contributed by atoms with E-state index in [0.717, 1.165) is 12.1 Å². The summed E-state index contributed by atoms with van der Waals surface area (Å²) < 4.78 is 66.1. The largest absolute Gasteiger partial charge is 0.493 e. The second-order valence-electron chi connectivity index (χ2n) is 8.64. The average molecular weight is 578 g/mol. The molecule has 0 aliphatic carbocycles. The van der Waals surface area contributed by atoms with Crippen molar-refractivity contribution in [3.63, 3.8) is 0 Å². The molecule has 2 N–H and O–H groups in total. The number of nitrogens with one attached hydrogen (secondary N) is 2. The average Bonchev–Trinajstić information content (AvgIpc) is 3.51. The van der Waals surface area contributed by atoms with Gasteiger partial charge in [0.2, 0.25) is 0 Å². The summed E-state index contributed by atoms with van der Waals surface area (Å²) >= 11 is 0. The van der Waals surface area contributed by atoms with Crippen LogP contribution in [0.2, 0.25) is 0 Å². The molecule has 2 heterocycles. The predicted molar refractivity (Wildman–Crippen MR) is 140 cm³/mol. The van der Waals surface area contributed by atoms with Crippen molar-refractivity contribution in [1.29, 1.82) is 0 Å². The number of alkyl halides is 3. The number of hydrogen-bond donors (Lipinski definition) is 2. The van der Waals surface area contributed by atoms with Crippen LogP contribution in [0, 0.1) is 0 Å². The molecular formula is C27H26F3N3O8. The highest BCUT2D eigenvalue weighted by molar-refractivity contribution is 6.05. The number of morpholine rings is 1. The third-order valence-electron chi connectivity index (χ3n) is 5.99. The lowest BCUT2D eigenvalue weighted by Crippen LogP contribution is -2.37. The van der Waals surface area contributed by atoms with Gasteiger partial charge in [-0.25, -0.2) is 4.79 Å². The highest BCUT2D eigenvalue weighted by Gasteiger charge is 2.32. The zero-order valence-electron chi connectivity index (χ0n) is 22.0. The van der Waals surface area contributed by atoms with E-state index in [9.17, 15) is 27.6 Å². The lowest BCUT2D eigenvalue weighted by atomic mass is 10.1. The summed E-state index contributed by atoms with van der Waals surface area (Å²) in [5, 5.41) is 4.97. The standard InChI is InChI=1S/C27H26F3N3O8/c1-37-22-13-16(12-19(24(22)38-2)32-25(35)21-4-3-9-40-21)26(36)41-15-23(34)31-18-14-17(27(28,29)30)5-6-20(18)33-7-10-39-11-8-33/h3-6,9,12-14H,7-8,10-11,15H2,1-2H3,(H,31,34)(H,32,35). The van der Waals surface area contributed by atoms with Crippen LogP contribution in [0.3, 0.4) is 0 Å². The van der Waals surface area contributed by atoms with Crippen LogP contribution in [0.15, 0.2) is 53.1 Å². The number of nitrogens with zero attached hydrogens (tertiary/aromatic N) is 1. The normalized spacial score (nSPS) is 13.3. The van der Waals surface area contributed by atoms with E-state index in [0.29, 0.717) is 32.0 Å². The second kappa shape index (κ2) is 12.6. The Morgan fingerprint density at radius 3 is 2.37 bits per heavy atom. The summed E-state index contributed by atoms with van der Waals surface area (Å²) in [6.07, 6.45) is -3.32. The van der Waals surface area contributed by atoms with Crippen LogP contribution in [0.1, 0.15) is 26.5 Å². The van der Waals surface area contributed by atoms with Crippen LogP contribution in [0.5, 0.6) is 11.5 Å². The number of amides is 2. The summed E-state index contributed by atoms with van der Waals surface area (Å²) in [5.74, 6) is -2.26. The lowest BCUT2D eigenvalue weighted by molar-refractivity contribution is -0.137. The summed E-state index contributed by atoms with van der Waals surface area (Å²) in [4.78, 5) is 39.8. The molecule has 0 unspecified atom stereocenters. The first-order valence-corrected chi connectivity index (χ1v) is 12.2. The SMILES string of the molecule is COc1cc(C(=O)OCC(=O)Nc2cc(C(F)(F)F)ccc2N2CCOCC2)cc(NC(=O)c2ccco2)c1OC. The van der Waals surface area contributed by atoms with Crippen molar-refractivity contribution in [2.45, 2.75) is 6.18 Å². The maximum Gasteiger partial charge on any atom is 0.416 e. The first kappa shape index (κ1) is 29.3. The first-order chi connectivity index (χ1) is 19.6. The molecule has 4 rings (SSSR count). The molecule has 0 spiro atoms. The van der Waals surface area contributed by atoms with Crippen LogP contribution >= 0.6 is 0 Å². The van der Waals surface area contributed by atoms with Gasteiger partial charge in [0.25, 0.3) is 11.8 Å². The van der Waals surface area contributed by atoms with Gasteiger partial charge in [-0.3, -0.25) is 9.59 Å². The summed E-state index contributed by atoms with van der Waals surface area (Å²) in [5.41, 5.74) is -0.701. The van der Waals surface area contributed by atoms with Crippen LogP contribution in [-0.2, 0) is 20.4 Å². The van der Waals surface area contributed by atoms with Gasteiger partial charge in [-0.1, -0.05) is 0 Å². The zero-order valence-corrected chi connectivity index (χ0v) is 22.0. The van der Waals surface area contributed by atoms with E-state index < -0.39 is 36.1 Å². The number of anilines is 3. The van der Waals surface area contributed by atoms with Crippen molar-refractivity contribution in [1.82, 2.24) is 0 Å². The Hall–Kier alpha value is -4.72. The Bertz CT molecular complexity index is 1400. The lowest BCUT2D eigenvalue weighted by Gasteiger charge is -2.31. The Balaban J connectivity index is 1.50. The molecule has 0 radical (unpaired) electrons. The third-order valence-corrected chi connectivity index (χ3v) is 5.99. The van der Waals surface area contributed by atoms with Crippen LogP contribution in [0.4, 0.5) is 30.2 Å². The highest BCUT2D eigenvalue weighted by atomic mass is 19.4. The van der Waals surface area contributed by atoms with Gasteiger partial charge in [-0.2, -0.15) is 13.2 Å². The number of rotatable bonds is 9. The van der Waals surface area contributed by atoms with Crippen molar-refractivity contribution < 1.29 is 50.9 Å². The molecule has 1 aromatic heterocycles. The molecule has 1 aliphatic heterocycles. The van der Waals surface area contributed by atoms with Gasteiger partial charge in [0.15, 0.2) is 23.9 Å². The summed E-state index contributed by atoms with van der Waals surface area (Å²) in [6, 6.07) is 8.53. The number of halogens is 3. The molecule has 1 fully saturated rings. The number of hydrogen-bond acceptors (Lipinski definition) is 9. The summed E-state index contributed by atoms with van der Waals surface area (Å²) in [6.45, 7) is 0.783. The predicted octanol–water partition coefficient (Wildman–Crippen LogP) is 4.20. The molecule has 0 atom stereocenters. The van der Waals surface area contributed by atoms with Crippen LogP contribution in [0.25, 0.3) is 0 Å². The van der Waals surface area contributed by atoms with E-state index in [1.54, 1.807) is 4.90 Å². The van der Waals surface area contributed by atoms with Gasteiger partial charge in [-0.15, -0.1) is 0 Å². The minimum atomic E-state index is -4.63. The van der Waals surface area contributed by atoms with E-state index in [4.69, 9.17) is 23.4 Å². The molecule has 1 aliphatic rings. The maximum atomic E-state index is 13.4. The number of ether oxygens (including phenoxy) is 4. The molecular weight excluding hydrogens is 551 g/mol. The highest BCUT2D eigenvalue weighted by Crippen LogP contribution is 2.38. The van der Waals surface area contributed by atoms with E-state index in [-0.39, 0.29) is 34.2 Å². The minimum Gasteiger partial charge on any atom is -0.493 e. The molecule has 0 saturated carbocycles. The van der Waals surface area contributed by atoms with Gasteiger partial charge in [0, 0.05) is 13.1 Å². The molecule has 41 heavy (non-hydrogen) atoms. The van der Waals surface area contributed by atoms with Gasteiger partial charge in [-0.05, 0) is 42.5 Å². The zero-order chi connectivity index (χ0) is 29.6. The van der Waals surface area contributed by atoms with Gasteiger partial charge >= 0.3 is 12.1 Å². The Morgan fingerprint density at radius 2 is 1.73 bits per heavy atom. The molecule has 1 saturated heterocycles. The van der Waals surface area contributed by atoms with Crippen molar-refractivity contribution >= 4 is 34.8 Å². The molecule has 3 aromatic rings. The van der Waals surface area contributed by atoms with Crippen molar-refractivity contribution in [3.05, 3.63) is 65.6 Å². The Kier molecular flexibility index (Phi) is 9.02. The number of carbonyl (C=O) groups is 3. The minimum absolute atomic E-state index is 0.00158. The van der Waals surface area contributed by atoms with E-state index in [2.05, 4.69) is 10.6 Å². The number of esters is 1. The van der Waals surface area contributed by atoms with Crippen LogP contribution < -0.4 is 25.0 Å². The van der Waals surface area contributed by atoms with Gasteiger partial charge in [0.05, 0.1) is 61.9 Å². The topological polar surface area (TPSA) is 129 Å². The van der Waals surface area contributed by atoms with Crippen molar-refractivity contribution in [2.75, 3.05) is 62.7 Å². The summed E-state index contributed by atoms with van der Waals surface area (Å²) in [7, 11) is 2.65. The van der Waals surface area contributed by atoms with E-state index in [1.165, 1.54) is 50.8 Å². The molecule has 11 nitrogen and oxygen atoms in total. The van der Waals surface area contributed by atoms with E-state index >= 15 is 0 Å². The van der Waals surface area contributed by atoms with Crippen molar-refractivity contribution in [3.8, 4) is 11.5 Å². The first-order valence-electron chi connectivity index (χ1n) is 12.2.